The van der Waals surface area contributed by atoms with Gasteiger partial charge in [0.2, 0.25) is 0 Å². The van der Waals surface area contributed by atoms with Gasteiger partial charge < -0.3 is 10.1 Å². The van der Waals surface area contributed by atoms with Gasteiger partial charge in [-0.3, -0.25) is 4.79 Å². The Morgan fingerprint density at radius 3 is 2.60 bits per heavy atom. The number of nitrogens with one attached hydrogen (secondary N) is 1. The number of carbonyl (C=O) groups excluding carboxylic acids is 2. The lowest BCUT2D eigenvalue weighted by Crippen LogP contribution is -2.53. The molecule has 2 unspecified atom stereocenters. The van der Waals surface area contributed by atoms with Crippen LogP contribution in [0, 0.1) is 5.41 Å². The zero-order valence-corrected chi connectivity index (χ0v) is 15.8. The maximum atomic E-state index is 13.0. The highest BCUT2D eigenvalue weighted by Crippen LogP contribution is 2.36. The predicted octanol–water partition coefficient (Wildman–Crippen LogP) is 4.12. The van der Waals surface area contributed by atoms with Crippen molar-refractivity contribution in [2.45, 2.75) is 45.8 Å². The highest BCUT2D eigenvalue weighted by Gasteiger charge is 2.44. The van der Waals surface area contributed by atoms with Gasteiger partial charge in [-0.25, -0.2) is 4.79 Å². The Hall–Kier alpha value is -2.14. The largest absolute Gasteiger partial charge is 0.445 e. The van der Waals surface area contributed by atoms with Crippen molar-refractivity contribution in [3.05, 3.63) is 57.8 Å². The first-order valence-corrected chi connectivity index (χ1v) is 9.24. The zero-order chi connectivity index (χ0) is 18.2. The molecule has 1 aromatic heterocycles. The van der Waals surface area contributed by atoms with E-state index in [1.165, 1.54) is 0 Å². The smallest absolute Gasteiger partial charge is 0.339 e. The van der Waals surface area contributed by atoms with Crippen LogP contribution in [0.25, 0.3) is 0 Å². The van der Waals surface area contributed by atoms with Gasteiger partial charge in [0, 0.05) is 11.3 Å². The summed E-state index contributed by atoms with van der Waals surface area (Å²) in [5.74, 6) is -0.702. The fourth-order valence-corrected chi connectivity index (χ4v) is 4.13. The molecule has 0 spiro atoms. The van der Waals surface area contributed by atoms with Gasteiger partial charge in [0.25, 0.3) is 5.91 Å². The van der Waals surface area contributed by atoms with Crippen LogP contribution in [-0.2, 0) is 16.0 Å². The van der Waals surface area contributed by atoms with Crippen molar-refractivity contribution in [1.82, 2.24) is 5.32 Å². The van der Waals surface area contributed by atoms with Crippen molar-refractivity contribution < 1.29 is 14.3 Å². The Morgan fingerprint density at radius 2 is 1.96 bits per heavy atom. The Balaban J connectivity index is 1.86. The number of ether oxygens (including phenoxy) is 1. The minimum atomic E-state index is -1.20. The van der Waals surface area contributed by atoms with Gasteiger partial charge in [0.1, 0.15) is 0 Å². The quantitative estimate of drug-likeness (QED) is 0.841. The standard InChI is InChI=1S/C20H23NO3S/c1-19(2,3)16(15-10-7-11-25-15)21-18(23)20(4)12-13-8-5-6-9-14(13)17(22)24-20/h5-11,16H,12H2,1-4H3,(H,21,23). The topological polar surface area (TPSA) is 55.4 Å². The van der Waals surface area contributed by atoms with E-state index in [0.29, 0.717) is 12.0 Å². The Labute approximate surface area is 152 Å². The SMILES string of the molecule is CC1(C(=O)NC(c2cccs2)C(C)(C)C)Cc2ccccc2C(=O)O1. The van der Waals surface area contributed by atoms with Crippen LogP contribution in [-0.4, -0.2) is 17.5 Å². The van der Waals surface area contributed by atoms with Gasteiger partial charge in [-0.05, 0) is 35.4 Å². The van der Waals surface area contributed by atoms with Crippen LogP contribution in [0.5, 0.6) is 0 Å². The molecule has 1 aliphatic rings. The molecule has 0 bridgehead atoms. The van der Waals surface area contributed by atoms with Gasteiger partial charge in [0.05, 0.1) is 11.6 Å². The number of amides is 1. The maximum Gasteiger partial charge on any atom is 0.339 e. The molecule has 2 atom stereocenters. The molecule has 25 heavy (non-hydrogen) atoms. The number of hydrogen-bond acceptors (Lipinski definition) is 4. The second-order valence-electron chi connectivity index (χ2n) is 7.74. The molecule has 0 aliphatic carbocycles. The van der Waals surface area contributed by atoms with Gasteiger partial charge in [-0.15, -0.1) is 11.3 Å². The summed E-state index contributed by atoms with van der Waals surface area (Å²) in [5.41, 5.74) is 0.0258. The first kappa shape index (κ1) is 17.7. The molecule has 0 saturated heterocycles. The van der Waals surface area contributed by atoms with Crippen molar-refractivity contribution in [2.75, 3.05) is 0 Å². The zero-order valence-electron chi connectivity index (χ0n) is 15.0. The van der Waals surface area contributed by atoms with Crippen LogP contribution in [0.2, 0.25) is 0 Å². The molecule has 1 aliphatic heterocycles. The average Bonchev–Trinajstić information content (AvgIpc) is 3.05. The summed E-state index contributed by atoms with van der Waals surface area (Å²) < 4.78 is 5.55. The van der Waals surface area contributed by atoms with E-state index < -0.39 is 11.6 Å². The second kappa shape index (κ2) is 6.30. The predicted molar refractivity (Wildman–Crippen MR) is 98.6 cm³/mol. The van der Waals surface area contributed by atoms with Crippen LogP contribution in [0.3, 0.4) is 0 Å². The van der Waals surface area contributed by atoms with Gasteiger partial charge in [-0.1, -0.05) is 45.0 Å². The molecule has 5 heteroatoms. The molecular formula is C20H23NO3S. The van der Waals surface area contributed by atoms with Crippen LogP contribution in [0.4, 0.5) is 0 Å². The van der Waals surface area contributed by atoms with Crippen LogP contribution >= 0.6 is 11.3 Å². The van der Waals surface area contributed by atoms with Gasteiger partial charge >= 0.3 is 5.97 Å². The molecule has 4 nitrogen and oxygen atoms in total. The van der Waals surface area contributed by atoms with E-state index in [1.807, 2.05) is 29.6 Å². The minimum Gasteiger partial charge on any atom is -0.445 e. The molecule has 132 valence electrons. The normalized spacial score (nSPS) is 21.2. The fourth-order valence-electron chi connectivity index (χ4n) is 3.11. The van der Waals surface area contributed by atoms with Crippen molar-refractivity contribution >= 4 is 23.2 Å². The van der Waals surface area contributed by atoms with E-state index in [4.69, 9.17) is 4.74 Å². The first-order valence-electron chi connectivity index (χ1n) is 8.36. The third-order valence-electron chi connectivity index (χ3n) is 4.53. The summed E-state index contributed by atoms with van der Waals surface area (Å²) >= 11 is 1.61. The lowest BCUT2D eigenvalue weighted by molar-refractivity contribution is -0.141. The number of esters is 1. The highest BCUT2D eigenvalue weighted by atomic mass is 32.1. The number of carbonyl (C=O) groups is 2. The summed E-state index contributed by atoms with van der Waals surface area (Å²) in [6, 6.07) is 11.1. The Morgan fingerprint density at radius 1 is 1.24 bits per heavy atom. The monoisotopic (exact) mass is 357 g/mol. The van der Waals surface area contributed by atoms with Crippen LogP contribution in [0.15, 0.2) is 41.8 Å². The Kier molecular flexibility index (Phi) is 4.45. The highest BCUT2D eigenvalue weighted by molar-refractivity contribution is 7.10. The molecule has 1 amide bonds. The van der Waals surface area contributed by atoms with Crippen molar-refractivity contribution in [3.8, 4) is 0 Å². The van der Waals surface area contributed by atoms with Gasteiger partial charge in [-0.2, -0.15) is 0 Å². The number of benzene rings is 1. The number of cyclic esters (lactones) is 1. The minimum absolute atomic E-state index is 0.146. The van der Waals surface area contributed by atoms with E-state index in [1.54, 1.807) is 30.4 Å². The van der Waals surface area contributed by atoms with Gasteiger partial charge in [0.15, 0.2) is 5.60 Å². The molecule has 0 saturated carbocycles. The molecule has 3 rings (SSSR count). The van der Waals surface area contributed by atoms with E-state index >= 15 is 0 Å². The van der Waals surface area contributed by atoms with E-state index in [0.717, 1.165) is 10.4 Å². The molecule has 2 heterocycles. The fraction of sp³-hybridized carbons (Fsp3) is 0.400. The van der Waals surface area contributed by atoms with Crippen LogP contribution in [0.1, 0.15) is 54.5 Å². The lowest BCUT2D eigenvalue weighted by Gasteiger charge is -2.37. The van der Waals surface area contributed by atoms with E-state index in [-0.39, 0.29) is 17.4 Å². The summed E-state index contributed by atoms with van der Waals surface area (Å²) in [6.07, 6.45) is 0.377. The number of fused-ring (bicyclic) bond motifs is 1. The summed E-state index contributed by atoms with van der Waals surface area (Å²) in [4.78, 5) is 26.5. The summed E-state index contributed by atoms with van der Waals surface area (Å²) in [7, 11) is 0. The summed E-state index contributed by atoms with van der Waals surface area (Å²) in [6.45, 7) is 7.94. The number of thiophene rings is 1. The lowest BCUT2D eigenvalue weighted by atomic mass is 9.84. The van der Waals surface area contributed by atoms with E-state index in [2.05, 4.69) is 26.1 Å². The molecule has 1 N–H and O–H groups in total. The third kappa shape index (κ3) is 3.47. The van der Waals surface area contributed by atoms with Crippen molar-refractivity contribution in [1.29, 1.82) is 0 Å². The molecule has 1 aromatic carbocycles. The maximum absolute atomic E-state index is 13.0. The molecule has 2 aromatic rings. The van der Waals surface area contributed by atoms with Crippen molar-refractivity contribution in [2.24, 2.45) is 5.41 Å². The first-order chi connectivity index (χ1) is 11.7. The third-order valence-corrected chi connectivity index (χ3v) is 5.47. The molecule has 0 radical (unpaired) electrons. The Bertz CT molecular complexity index is 792. The molecule has 0 fully saturated rings. The second-order valence-corrected chi connectivity index (χ2v) is 8.72. The van der Waals surface area contributed by atoms with Crippen LogP contribution < -0.4 is 5.32 Å². The van der Waals surface area contributed by atoms with Crippen molar-refractivity contribution in [3.63, 3.8) is 0 Å². The van der Waals surface area contributed by atoms with E-state index in [9.17, 15) is 9.59 Å². The average molecular weight is 357 g/mol. The summed E-state index contributed by atoms with van der Waals surface area (Å²) in [5, 5.41) is 5.11. The molecular weight excluding hydrogens is 334 g/mol. The number of hydrogen-bond donors (Lipinski definition) is 1. The number of rotatable bonds is 3.